The Labute approximate surface area is 175 Å². The summed E-state index contributed by atoms with van der Waals surface area (Å²) in [6, 6.07) is 9.05. The molecule has 4 rings (SSSR count). The molecule has 1 aliphatic carbocycles. The zero-order valence-electron chi connectivity index (χ0n) is 17.6. The third-order valence-corrected chi connectivity index (χ3v) is 5.96. The van der Waals surface area contributed by atoms with Crippen molar-refractivity contribution >= 4 is 22.5 Å². The largest absolute Gasteiger partial charge is 0.381 e. The predicted molar refractivity (Wildman–Crippen MR) is 116 cm³/mol. The molecule has 0 aliphatic heterocycles. The molecular weight excluding hydrogens is 381 g/mol. The second-order valence-corrected chi connectivity index (χ2v) is 7.96. The van der Waals surface area contributed by atoms with E-state index in [9.17, 15) is 9.18 Å². The van der Waals surface area contributed by atoms with Gasteiger partial charge in [-0.25, -0.2) is 4.98 Å². The van der Waals surface area contributed by atoms with E-state index in [0.29, 0.717) is 0 Å². The summed E-state index contributed by atoms with van der Waals surface area (Å²) in [5, 5.41) is 0.909. The van der Waals surface area contributed by atoms with Crippen molar-refractivity contribution in [1.29, 1.82) is 0 Å². The van der Waals surface area contributed by atoms with Crippen LogP contribution in [0.5, 0.6) is 0 Å². The van der Waals surface area contributed by atoms with Gasteiger partial charge in [-0.3, -0.25) is 9.78 Å². The molecular formula is C24H26FN3O2. The van der Waals surface area contributed by atoms with Crippen molar-refractivity contribution in [3.8, 4) is 11.1 Å². The standard InChI is InChI=1S/C24H26FN3O2/c1-15-13-26-22-9-7-17(18-8-10-23(25)27-14-18)11-21(22)24(15)28(16(2)29)19-5-4-6-20(12-19)30-3/h7-11,13-14,19-20H,4-6,12H2,1-3H3. The first-order chi connectivity index (χ1) is 14.5. The number of hydrogen-bond acceptors (Lipinski definition) is 4. The highest BCUT2D eigenvalue weighted by molar-refractivity contribution is 6.04. The number of ether oxygens (including phenoxy) is 1. The number of carbonyl (C=O) groups is 1. The van der Waals surface area contributed by atoms with E-state index in [2.05, 4.69) is 9.97 Å². The summed E-state index contributed by atoms with van der Waals surface area (Å²) < 4.78 is 18.9. The minimum Gasteiger partial charge on any atom is -0.381 e. The Balaban J connectivity index is 1.85. The van der Waals surface area contributed by atoms with Crippen LogP contribution in [0.3, 0.4) is 0 Å². The lowest BCUT2D eigenvalue weighted by Crippen LogP contribution is -2.44. The first-order valence-corrected chi connectivity index (χ1v) is 10.3. The van der Waals surface area contributed by atoms with Gasteiger partial charge in [0.25, 0.3) is 0 Å². The van der Waals surface area contributed by atoms with Crippen LogP contribution in [0.25, 0.3) is 22.0 Å². The summed E-state index contributed by atoms with van der Waals surface area (Å²) >= 11 is 0. The van der Waals surface area contributed by atoms with E-state index >= 15 is 0 Å². The van der Waals surface area contributed by atoms with Gasteiger partial charge in [-0.05, 0) is 68.0 Å². The summed E-state index contributed by atoms with van der Waals surface area (Å²) in [6.45, 7) is 3.61. The van der Waals surface area contributed by atoms with E-state index in [0.717, 1.165) is 59.0 Å². The predicted octanol–water partition coefficient (Wildman–Crippen LogP) is 5.05. The fraction of sp³-hybridized carbons (Fsp3) is 0.375. The smallest absolute Gasteiger partial charge is 0.224 e. The third kappa shape index (κ3) is 3.92. The van der Waals surface area contributed by atoms with Crippen molar-refractivity contribution in [3.63, 3.8) is 0 Å². The minimum absolute atomic E-state index is 0.0150. The maximum Gasteiger partial charge on any atom is 0.224 e. The number of amides is 1. The normalized spacial score (nSPS) is 19.1. The van der Waals surface area contributed by atoms with E-state index in [-0.39, 0.29) is 18.1 Å². The number of pyridine rings is 2. The van der Waals surface area contributed by atoms with Crippen LogP contribution in [-0.2, 0) is 9.53 Å². The number of methoxy groups -OCH3 is 1. The average Bonchev–Trinajstić information content (AvgIpc) is 2.75. The van der Waals surface area contributed by atoms with Gasteiger partial charge in [0.2, 0.25) is 11.9 Å². The van der Waals surface area contributed by atoms with E-state index in [1.165, 1.54) is 12.3 Å². The molecule has 1 saturated carbocycles. The Morgan fingerprint density at radius 1 is 1.13 bits per heavy atom. The minimum atomic E-state index is -0.509. The molecule has 2 aromatic heterocycles. The van der Waals surface area contributed by atoms with E-state index in [1.807, 2.05) is 36.2 Å². The highest BCUT2D eigenvalue weighted by Crippen LogP contribution is 2.37. The van der Waals surface area contributed by atoms with Crippen molar-refractivity contribution in [3.05, 3.63) is 54.2 Å². The lowest BCUT2D eigenvalue weighted by Gasteiger charge is -2.37. The number of halogens is 1. The van der Waals surface area contributed by atoms with Crippen LogP contribution < -0.4 is 4.90 Å². The number of rotatable bonds is 4. The topological polar surface area (TPSA) is 55.3 Å². The summed E-state index contributed by atoms with van der Waals surface area (Å²) in [4.78, 5) is 23.1. The molecule has 1 fully saturated rings. The van der Waals surface area contributed by atoms with Crippen LogP contribution in [0.2, 0.25) is 0 Å². The van der Waals surface area contributed by atoms with Gasteiger partial charge in [-0.15, -0.1) is 0 Å². The number of fused-ring (bicyclic) bond motifs is 1. The molecule has 5 nitrogen and oxygen atoms in total. The monoisotopic (exact) mass is 407 g/mol. The first kappa shape index (κ1) is 20.4. The Kier molecular flexibility index (Phi) is 5.77. The van der Waals surface area contributed by atoms with Crippen molar-refractivity contribution in [2.24, 2.45) is 0 Å². The summed E-state index contributed by atoms with van der Waals surface area (Å²) in [5.41, 5.74) is 4.39. The molecule has 1 aromatic carbocycles. The van der Waals surface area contributed by atoms with Crippen LogP contribution in [0.1, 0.15) is 38.2 Å². The van der Waals surface area contributed by atoms with Crippen molar-refractivity contribution in [2.45, 2.75) is 51.7 Å². The van der Waals surface area contributed by atoms with Crippen LogP contribution in [0.4, 0.5) is 10.1 Å². The maximum atomic E-state index is 13.3. The van der Waals surface area contributed by atoms with Gasteiger partial charge in [0.15, 0.2) is 0 Å². The Hall–Kier alpha value is -2.86. The summed E-state index contributed by atoms with van der Waals surface area (Å²) in [5.74, 6) is -0.494. The molecule has 2 atom stereocenters. The second-order valence-electron chi connectivity index (χ2n) is 7.96. The molecule has 1 amide bonds. The number of aryl methyl sites for hydroxylation is 1. The number of aromatic nitrogens is 2. The number of hydrogen-bond donors (Lipinski definition) is 0. The summed E-state index contributed by atoms with van der Waals surface area (Å²) in [7, 11) is 1.74. The number of carbonyl (C=O) groups excluding carboxylic acids is 1. The molecule has 0 N–H and O–H groups in total. The van der Waals surface area contributed by atoms with Crippen molar-refractivity contribution < 1.29 is 13.9 Å². The van der Waals surface area contributed by atoms with Crippen molar-refractivity contribution in [2.75, 3.05) is 12.0 Å². The van der Waals surface area contributed by atoms with Gasteiger partial charge >= 0.3 is 0 Å². The lowest BCUT2D eigenvalue weighted by atomic mass is 9.90. The molecule has 2 heterocycles. The third-order valence-electron chi connectivity index (χ3n) is 5.96. The van der Waals surface area contributed by atoms with Crippen LogP contribution in [0.15, 0.2) is 42.7 Å². The number of anilines is 1. The van der Waals surface area contributed by atoms with Crippen LogP contribution in [0, 0.1) is 12.9 Å². The molecule has 3 aromatic rings. The quantitative estimate of drug-likeness (QED) is 0.568. The Bertz CT molecular complexity index is 1070. The fourth-order valence-electron chi connectivity index (χ4n) is 4.49. The molecule has 2 unspecified atom stereocenters. The van der Waals surface area contributed by atoms with E-state index < -0.39 is 5.95 Å². The number of benzene rings is 1. The zero-order valence-corrected chi connectivity index (χ0v) is 17.6. The molecule has 30 heavy (non-hydrogen) atoms. The molecule has 0 spiro atoms. The molecule has 0 saturated heterocycles. The van der Waals surface area contributed by atoms with E-state index in [4.69, 9.17) is 4.74 Å². The fourth-order valence-corrected chi connectivity index (χ4v) is 4.49. The molecule has 0 bridgehead atoms. The van der Waals surface area contributed by atoms with Gasteiger partial charge < -0.3 is 9.64 Å². The lowest BCUT2D eigenvalue weighted by molar-refractivity contribution is -0.117. The summed E-state index contributed by atoms with van der Waals surface area (Å²) in [6.07, 6.45) is 7.33. The Morgan fingerprint density at radius 2 is 1.93 bits per heavy atom. The molecule has 6 heteroatoms. The van der Waals surface area contributed by atoms with Crippen LogP contribution in [-0.4, -0.2) is 35.1 Å². The molecule has 0 radical (unpaired) electrons. The number of nitrogens with zero attached hydrogens (tertiary/aromatic N) is 3. The highest BCUT2D eigenvalue weighted by atomic mass is 19.1. The van der Waals surface area contributed by atoms with Gasteiger partial charge in [0, 0.05) is 43.4 Å². The maximum absolute atomic E-state index is 13.3. The second kappa shape index (κ2) is 8.48. The Morgan fingerprint density at radius 3 is 2.63 bits per heavy atom. The SMILES string of the molecule is COC1CCCC(N(C(C)=O)c2c(C)cnc3ccc(-c4ccc(F)nc4)cc23)C1. The van der Waals surface area contributed by atoms with Gasteiger partial charge in [0.1, 0.15) is 0 Å². The van der Waals surface area contributed by atoms with Gasteiger partial charge in [-0.1, -0.05) is 6.07 Å². The van der Waals surface area contributed by atoms with Crippen molar-refractivity contribution in [1.82, 2.24) is 9.97 Å². The van der Waals surface area contributed by atoms with E-state index in [1.54, 1.807) is 20.1 Å². The average molecular weight is 407 g/mol. The molecule has 156 valence electrons. The highest BCUT2D eigenvalue weighted by Gasteiger charge is 2.31. The van der Waals surface area contributed by atoms with Gasteiger partial charge in [0.05, 0.1) is 17.3 Å². The van der Waals surface area contributed by atoms with Crippen LogP contribution >= 0.6 is 0 Å². The first-order valence-electron chi connectivity index (χ1n) is 10.3. The van der Waals surface area contributed by atoms with Gasteiger partial charge in [-0.2, -0.15) is 4.39 Å². The zero-order chi connectivity index (χ0) is 21.3. The molecule has 1 aliphatic rings.